The van der Waals surface area contributed by atoms with Gasteiger partial charge in [0.05, 0.1) is 12.8 Å². The number of aryl methyl sites for hydroxylation is 1. The molecule has 1 aliphatic rings. The molecule has 7 heteroatoms. The van der Waals surface area contributed by atoms with E-state index < -0.39 is 23.7 Å². The van der Waals surface area contributed by atoms with Gasteiger partial charge in [0.2, 0.25) is 0 Å². The number of nitrogens with two attached hydrogens (primary N) is 1. The van der Waals surface area contributed by atoms with E-state index in [4.69, 9.17) is 19.9 Å². The third-order valence-corrected chi connectivity index (χ3v) is 5.07. The molecule has 7 nitrogen and oxygen atoms in total. The molecule has 2 atom stereocenters. The average molecular weight is 412 g/mol. The van der Waals surface area contributed by atoms with E-state index in [1.807, 2.05) is 38.1 Å². The summed E-state index contributed by atoms with van der Waals surface area (Å²) < 4.78 is 16.5. The van der Waals surface area contributed by atoms with Crippen LogP contribution in [0.4, 0.5) is 5.69 Å². The van der Waals surface area contributed by atoms with Crippen molar-refractivity contribution in [1.29, 1.82) is 0 Å². The normalized spacial score (nSPS) is 16.7. The Kier molecular flexibility index (Phi) is 6.31. The number of nitrogens with one attached hydrogen (secondary N) is 1. The summed E-state index contributed by atoms with van der Waals surface area (Å²) in [5, 5.41) is 2.76. The SMILES string of the molecule is COc1cccc(CCC(C)(C)OC(=O)C(N)c2ccc3c(c2)NC(=O)C(C)O3)c1. The summed E-state index contributed by atoms with van der Waals surface area (Å²) in [6, 6.07) is 11.9. The molecule has 2 aromatic rings. The summed E-state index contributed by atoms with van der Waals surface area (Å²) in [6.07, 6.45) is 0.796. The summed E-state index contributed by atoms with van der Waals surface area (Å²) in [5.41, 5.74) is 7.58. The molecule has 1 heterocycles. The van der Waals surface area contributed by atoms with Crippen LogP contribution in [0.3, 0.4) is 0 Å². The third kappa shape index (κ3) is 5.10. The molecule has 3 rings (SSSR count). The number of hydrogen-bond acceptors (Lipinski definition) is 6. The van der Waals surface area contributed by atoms with Crippen LogP contribution in [0.2, 0.25) is 0 Å². The van der Waals surface area contributed by atoms with E-state index in [-0.39, 0.29) is 5.91 Å². The van der Waals surface area contributed by atoms with E-state index in [1.54, 1.807) is 32.2 Å². The van der Waals surface area contributed by atoms with Gasteiger partial charge >= 0.3 is 5.97 Å². The van der Waals surface area contributed by atoms with Crippen molar-refractivity contribution in [3.05, 3.63) is 53.6 Å². The maximum Gasteiger partial charge on any atom is 0.328 e. The largest absolute Gasteiger partial charge is 0.497 e. The van der Waals surface area contributed by atoms with Crippen LogP contribution < -0.4 is 20.5 Å². The van der Waals surface area contributed by atoms with Crippen LogP contribution in [0.5, 0.6) is 11.5 Å². The Morgan fingerprint density at radius 3 is 2.77 bits per heavy atom. The van der Waals surface area contributed by atoms with Gasteiger partial charge in [0.15, 0.2) is 6.10 Å². The Labute approximate surface area is 176 Å². The minimum absolute atomic E-state index is 0.241. The van der Waals surface area contributed by atoms with Gasteiger partial charge in [0.1, 0.15) is 23.1 Å². The molecule has 0 radical (unpaired) electrons. The second kappa shape index (κ2) is 8.75. The predicted molar refractivity (Wildman–Crippen MR) is 114 cm³/mol. The van der Waals surface area contributed by atoms with Gasteiger partial charge < -0.3 is 25.3 Å². The molecule has 0 aliphatic carbocycles. The zero-order valence-electron chi connectivity index (χ0n) is 17.7. The first-order chi connectivity index (χ1) is 14.2. The smallest absolute Gasteiger partial charge is 0.328 e. The number of methoxy groups -OCH3 is 1. The van der Waals surface area contributed by atoms with Gasteiger partial charge in [0.25, 0.3) is 5.91 Å². The fraction of sp³-hybridized carbons (Fsp3) is 0.391. The third-order valence-electron chi connectivity index (χ3n) is 5.07. The quantitative estimate of drug-likeness (QED) is 0.677. The highest BCUT2D eigenvalue weighted by Crippen LogP contribution is 2.32. The van der Waals surface area contributed by atoms with Gasteiger partial charge in [-0.25, -0.2) is 4.79 Å². The zero-order valence-corrected chi connectivity index (χ0v) is 17.7. The lowest BCUT2D eigenvalue weighted by atomic mass is 9.98. The van der Waals surface area contributed by atoms with Crippen molar-refractivity contribution < 1.29 is 23.8 Å². The Bertz CT molecular complexity index is 941. The second-order valence-corrected chi connectivity index (χ2v) is 8.01. The lowest BCUT2D eigenvalue weighted by Crippen LogP contribution is -2.35. The van der Waals surface area contributed by atoms with Gasteiger partial charge in [-0.1, -0.05) is 18.2 Å². The summed E-state index contributed by atoms with van der Waals surface area (Å²) in [6.45, 7) is 5.39. The van der Waals surface area contributed by atoms with Crippen LogP contribution in [-0.2, 0) is 20.7 Å². The number of carbonyl (C=O) groups is 2. The van der Waals surface area contributed by atoms with Crippen molar-refractivity contribution in [2.24, 2.45) is 5.73 Å². The molecule has 0 saturated carbocycles. The summed E-state index contributed by atoms with van der Waals surface area (Å²) in [5.74, 6) is 0.573. The van der Waals surface area contributed by atoms with E-state index in [9.17, 15) is 9.59 Å². The minimum atomic E-state index is -0.970. The van der Waals surface area contributed by atoms with Crippen molar-refractivity contribution in [3.8, 4) is 11.5 Å². The van der Waals surface area contributed by atoms with Crippen LogP contribution in [0.25, 0.3) is 0 Å². The molecule has 30 heavy (non-hydrogen) atoms. The molecule has 1 aliphatic heterocycles. The topological polar surface area (TPSA) is 99.9 Å². The highest BCUT2D eigenvalue weighted by Gasteiger charge is 2.29. The average Bonchev–Trinajstić information content (AvgIpc) is 2.72. The highest BCUT2D eigenvalue weighted by atomic mass is 16.6. The fourth-order valence-corrected chi connectivity index (χ4v) is 3.22. The van der Waals surface area contributed by atoms with E-state index in [0.29, 0.717) is 23.4 Å². The number of anilines is 1. The number of ether oxygens (including phenoxy) is 3. The van der Waals surface area contributed by atoms with Crippen LogP contribution in [0, 0.1) is 0 Å². The molecule has 3 N–H and O–H groups in total. The Morgan fingerprint density at radius 2 is 2.03 bits per heavy atom. The fourth-order valence-electron chi connectivity index (χ4n) is 3.22. The molecular formula is C23H28N2O5. The number of amides is 1. The maximum atomic E-state index is 12.7. The van der Waals surface area contributed by atoms with Crippen LogP contribution in [-0.4, -0.2) is 30.7 Å². The first-order valence-electron chi connectivity index (χ1n) is 9.91. The van der Waals surface area contributed by atoms with E-state index >= 15 is 0 Å². The summed E-state index contributed by atoms with van der Waals surface area (Å²) >= 11 is 0. The first kappa shape index (κ1) is 21.6. The number of esters is 1. The number of rotatable bonds is 7. The molecule has 160 valence electrons. The van der Waals surface area contributed by atoms with Crippen LogP contribution >= 0.6 is 0 Å². The predicted octanol–water partition coefficient (Wildman–Crippen LogP) is 3.37. The Balaban J connectivity index is 1.63. The highest BCUT2D eigenvalue weighted by molar-refractivity contribution is 5.97. The van der Waals surface area contributed by atoms with Gasteiger partial charge in [0, 0.05) is 0 Å². The van der Waals surface area contributed by atoms with Crippen molar-refractivity contribution in [2.75, 3.05) is 12.4 Å². The van der Waals surface area contributed by atoms with Crippen molar-refractivity contribution in [2.45, 2.75) is 51.4 Å². The summed E-state index contributed by atoms with van der Waals surface area (Å²) in [4.78, 5) is 24.5. The number of hydrogen-bond donors (Lipinski definition) is 2. The van der Waals surface area contributed by atoms with Gasteiger partial charge in [-0.3, -0.25) is 4.79 Å². The van der Waals surface area contributed by atoms with Gasteiger partial charge in [-0.15, -0.1) is 0 Å². The Hall–Kier alpha value is -3.06. The minimum Gasteiger partial charge on any atom is -0.497 e. The molecule has 0 aromatic heterocycles. The number of carbonyl (C=O) groups excluding carboxylic acids is 2. The molecule has 1 amide bonds. The maximum absolute atomic E-state index is 12.7. The van der Waals surface area contributed by atoms with Crippen molar-refractivity contribution in [1.82, 2.24) is 0 Å². The van der Waals surface area contributed by atoms with Crippen molar-refractivity contribution >= 4 is 17.6 Å². The molecular weight excluding hydrogens is 384 g/mol. The monoisotopic (exact) mass is 412 g/mol. The van der Waals surface area contributed by atoms with Crippen LogP contribution in [0.1, 0.15) is 44.4 Å². The van der Waals surface area contributed by atoms with Gasteiger partial charge in [-0.05, 0) is 69.0 Å². The zero-order chi connectivity index (χ0) is 21.9. The van der Waals surface area contributed by atoms with E-state index in [0.717, 1.165) is 17.7 Å². The molecule has 2 unspecified atom stereocenters. The summed E-state index contributed by atoms with van der Waals surface area (Å²) in [7, 11) is 1.63. The lowest BCUT2D eigenvalue weighted by molar-refractivity contribution is -0.158. The van der Waals surface area contributed by atoms with Gasteiger partial charge in [-0.2, -0.15) is 0 Å². The lowest BCUT2D eigenvalue weighted by Gasteiger charge is -2.28. The standard InChI is InChI=1S/C23H28N2O5/c1-14-21(26)25-18-13-16(8-9-19(18)29-14)20(24)22(27)30-23(2,3)11-10-15-6-5-7-17(12-15)28-4/h5-9,12-14,20H,10-11,24H2,1-4H3,(H,25,26). The molecule has 0 saturated heterocycles. The van der Waals surface area contributed by atoms with Crippen molar-refractivity contribution in [3.63, 3.8) is 0 Å². The van der Waals surface area contributed by atoms with E-state index in [1.165, 1.54) is 0 Å². The van der Waals surface area contributed by atoms with E-state index in [2.05, 4.69) is 5.32 Å². The molecule has 0 bridgehead atoms. The Morgan fingerprint density at radius 1 is 1.27 bits per heavy atom. The molecule has 2 aromatic carbocycles. The number of benzene rings is 2. The number of fused-ring (bicyclic) bond motifs is 1. The second-order valence-electron chi connectivity index (χ2n) is 8.01. The first-order valence-corrected chi connectivity index (χ1v) is 9.91. The molecule has 0 spiro atoms. The van der Waals surface area contributed by atoms with Crippen LogP contribution in [0.15, 0.2) is 42.5 Å². The molecule has 0 fully saturated rings.